The van der Waals surface area contributed by atoms with Gasteiger partial charge in [-0.2, -0.15) is 0 Å². The molecule has 1 atom stereocenters. The van der Waals surface area contributed by atoms with Gasteiger partial charge in [0.05, 0.1) is 0 Å². The summed E-state index contributed by atoms with van der Waals surface area (Å²) >= 11 is 3.47. The van der Waals surface area contributed by atoms with Gasteiger partial charge in [-0.15, -0.1) is 0 Å². The Hall–Kier alpha value is -1.32. The molecule has 0 saturated carbocycles. The minimum Gasteiger partial charge on any atom is -0.508 e. The molecular weight excluding hydrogens is 326 g/mol. The van der Waals surface area contributed by atoms with Crippen molar-refractivity contribution in [2.45, 2.75) is 32.2 Å². The Bertz CT molecular complexity index is 553. The van der Waals surface area contributed by atoms with E-state index in [1.54, 1.807) is 6.07 Å². The van der Waals surface area contributed by atoms with E-state index in [0.717, 1.165) is 30.3 Å². The fraction of sp³-hybridized carbons (Fsp3) is 0.333. The summed E-state index contributed by atoms with van der Waals surface area (Å²) in [5.74, 6) is 0.338. The van der Waals surface area contributed by atoms with Crippen molar-refractivity contribution in [3.63, 3.8) is 0 Å². The first-order valence-corrected chi connectivity index (χ1v) is 8.22. The molecule has 0 aliphatic rings. The van der Waals surface area contributed by atoms with Crippen molar-refractivity contribution in [3.8, 4) is 5.75 Å². The molecule has 0 aliphatic heterocycles. The van der Waals surface area contributed by atoms with Gasteiger partial charge in [0.15, 0.2) is 0 Å². The van der Waals surface area contributed by atoms with E-state index < -0.39 is 0 Å². The monoisotopic (exact) mass is 347 g/mol. The van der Waals surface area contributed by atoms with Crippen LogP contribution in [0, 0.1) is 0 Å². The molecular formula is C18H22BrNO. The maximum absolute atomic E-state index is 9.60. The van der Waals surface area contributed by atoms with Gasteiger partial charge in [-0.05, 0) is 61.2 Å². The van der Waals surface area contributed by atoms with E-state index in [4.69, 9.17) is 0 Å². The molecule has 2 nitrogen and oxygen atoms in total. The van der Waals surface area contributed by atoms with Crippen molar-refractivity contribution in [1.29, 1.82) is 0 Å². The normalized spacial score (nSPS) is 12.3. The van der Waals surface area contributed by atoms with Crippen molar-refractivity contribution >= 4 is 15.9 Å². The third-order valence-electron chi connectivity index (χ3n) is 3.47. The topological polar surface area (TPSA) is 32.3 Å². The van der Waals surface area contributed by atoms with Crippen LogP contribution in [0.1, 0.15) is 24.5 Å². The second-order valence-electron chi connectivity index (χ2n) is 5.36. The van der Waals surface area contributed by atoms with Crippen LogP contribution in [0.5, 0.6) is 5.75 Å². The van der Waals surface area contributed by atoms with Crippen LogP contribution in [0.3, 0.4) is 0 Å². The number of phenolic OH excluding ortho intramolecular Hbond substituents is 1. The van der Waals surface area contributed by atoms with E-state index in [1.165, 1.54) is 11.1 Å². The molecule has 0 aromatic heterocycles. The van der Waals surface area contributed by atoms with E-state index in [2.05, 4.69) is 58.5 Å². The first-order valence-electron chi connectivity index (χ1n) is 7.43. The second kappa shape index (κ2) is 8.20. The lowest BCUT2D eigenvalue weighted by atomic mass is 9.98. The Kier molecular flexibility index (Phi) is 6.27. The molecule has 2 N–H and O–H groups in total. The first kappa shape index (κ1) is 16.1. The highest BCUT2D eigenvalue weighted by Gasteiger charge is 2.10. The number of benzene rings is 2. The van der Waals surface area contributed by atoms with Gasteiger partial charge < -0.3 is 10.4 Å². The van der Waals surface area contributed by atoms with Crippen LogP contribution < -0.4 is 5.32 Å². The van der Waals surface area contributed by atoms with E-state index in [9.17, 15) is 5.11 Å². The summed E-state index contributed by atoms with van der Waals surface area (Å²) in [6, 6.07) is 16.4. The summed E-state index contributed by atoms with van der Waals surface area (Å²) in [5.41, 5.74) is 2.49. The van der Waals surface area contributed by atoms with Gasteiger partial charge in [0.25, 0.3) is 0 Å². The molecule has 0 heterocycles. The predicted octanol–water partition coefficient (Wildman–Crippen LogP) is 4.31. The maximum Gasteiger partial charge on any atom is 0.115 e. The highest BCUT2D eigenvalue weighted by atomic mass is 79.9. The van der Waals surface area contributed by atoms with Crippen molar-refractivity contribution < 1.29 is 5.11 Å². The Morgan fingerprint density at radius 1 is 1.05 bits per heavy atom. The van der Waals surface area contributed by atoms with Crippen molar-refractivity contribution in [3.05, 3.63) is 64.1 Å². The summed E-state index contributed by atoms with van der Waals surface area (Å²) < 4.78 is 1.11. The first-order chi connectivity index (χ1) is 10.2. The van der Waals surface area contributed by atoms with E-state index in [0.29, 0.717) is 11.8 Å². The average Bonchev–Trinajstić information content (AvgIpc) is 2.47. The summed E-state index contributed by atoms with van der Waals surface area (Å²) in [7, 11) is 0. The molecule has 3 heteroatoms. The lowest BCUT2D eigenvalue weighted by Gasteiger charge is -2.19. The lowest BCUT2D eigenvalue weighted by Crippen LogP contribution is -2.33. The number of nitrogens with one attached hydrogen (secondary N) is 1. The molecule has 0 radical (unpaired) electrons. The van der Waals surface area contributed by atoms with Gasteiger partial charge in [0.1, 0.15) is 5.75 Å². The SMILES string of the molecule is CCCNC(Cc1ccc(Br)cc1)Cc1cccc(O)c1. The molecule has 21 heavy (non-hydrogen) atoms. The highest BCUT2D eigenvalue weighted by Crippen LogP contribution is 2.16. The molecule has 0 bridgehead atoms. The third-order valence-corrected chi connectivity index (χ3v) is 4.00. The van der Waals surface area contributed by atoms with Gasteiger partial charge >= 0.3 is 0 Å². The van der Waals surface area contributed by atoms with Gasteiger partial charge in [0, 0.05) is 10.5 Å². The Morgan fingerprint density at radius 3 is 2.43 bits per heavy atom. The predicted molar refractivity (Wildman–Crippen MR) is 91.7 cm³/mol. The molecule has 0 fully saturated rings. The average molecular weight is 348 g/mol. The quantitative estimate of drug-likeness (QED) is 0.782. The van der Waals surface area contributed by atoms with Crippen LogP contribution in [0.2, 0.25) is 0 Å². The minimum atomic E-state index is 0.338. The summed E-state index contributed by atoms with van der Waals surface area (Å²) in [5, 5.41) is 13.2. The van der Waals surface area contributed by atoms with Crippen LogP contribution in [0.25, 0.3) is 0 Å². The number of phenols is 1. The lowest BCUT2D eigenvalue weighted by molar-refractivity contribution is 0.471. The van der Waals surface area contributed by atoms with E-state index in [-0.39, 0.29) is 0 Å². The zero-order chi connectivity index (χ0) is 15.1. The van der Waals surface area contributed by atoms with Crippen LogP contribution in [-0.4, -0.2) is 17.7 Å². The number of hydrogen-bond donors (Lipinski definition) is 2. The van der Waals surface area contributed by atoms with Gasteiger partial charge in [0.2, 0.25) is 0 Å². The fourth-order valence-electron chi connectivity index (χ4n) is 2.44. The minimum absolute atomic E-state index is 0.338. The third kappa shape index (κ3) is 5.52. The molecule has 1 unspecified atom stereocenters. The Balaban J connectivity index is 2.04. The molecule has 0 amide bonds. The smallest absolute Gasteiger partial charge is 0.115 e. The standard InChI is InChI=1S/C18H22BrNO/c1-2-10-20-17(11-14-6-8-16(19)9-7-14)12-15-4-3-5-18(21)13-15/h3-9,13,17,20-21H,2,10-12H2,1H3. The van der Waals surface area contributed by atoms with Crippen molar-refractivity contribution in [1.82, 2.24) is 5.32 Å². The number of aromatic hydroxyl groups is 1. The zero-order valence-corrected chi connectivity index (χ0v) is 13.9. The summed E-state index contributed by atoms with van der Waals surface area (Å²) in [6.07, 6.45) is 3.03. The number of hydrogen-bond acceptors (Lipinski definition) is 2. The second-order valence-corrected chi connectivity index (χ2v) is 6.27. The highest BCUT2D eigenvalue weighted by molar-refractivity contribution is 9.10. The largest absolute Gasteiger partial charge is 0.508 e. The molecule has 2 aromatic rings. The Labute approximate surface area is 135 Å². The van der Waals surface area contributed by atoms with E-state index in [1.807, 2.05) is 12.1 Å². The molecule has 0 spiro atoms. The van der Waals surface area contributed by atoms with Crippen molar-refractivity contribution in [2.24, 2.45) is 0 Å². The molecule has 2 rings (SSSR count). The fourth-order valence-corrected chi connectivity index (χ4v) is 2.70. The molecule has 112 valence electrons. The molecule has 2 aromatic carbocycles. The molecule has 0 aliphatic carbocycles. The molecule has 0 saturated heterocycles. The van der Waals surface area contributed by atoms with Crippen LogP contribution >= 0.6 is 15.9 Å². The van der Waals surface area contributed by atoms with Crippen LogP contribution in [0.15, 0.2) is 53.0 Å². The van der Waals surface area contributed by atoms with E-state index >= 15 is 0 Å². The van der Waals surface area contributed by atoms with Gasteiger partial charge in [-0.25, -0.2) is 0 Å². The zero-order valence-electron chi connectivity index (χ0n) is 12.3. The van der Waals surface area contributed by atoms with Gasteiger partial charge in [-0.1, -0.05) is 47.1 Å². The summed E-state index contributed by atoms with van der Waals surface area (Å²) in [4.78, 5) is 0. The summed E-state index contributed by atoms with van der Waals surface area (Å²) in [6.45, 7) is 3.19. The number of rotatable bonds is 7. The Morgan fingerprint density at radius 2 is 1.76 bits per heavy atom. The van der Waals surface area contributed by atoms with Gasteiger partial charge in [-0.3, -0.25) is 0 Å². The van der Waals surface area contributed by atoms with Crippen LogP contribution in [-0.2, 0) is 12.8 Å². The number of halogens is 1. The maximum atomic E-state index is 9.60. The van der Waals surface area contributed by atoms with Crippen molar-refractivity contribution in [2.75, 3.05) is 6.54 Å². The van der Waals surface area contributed by atoms with Crippen LogP contribution in [0.4, 0.5) is 0 Å².